The van der Waals surface area contributed by atoms with E-state index in [0.717, 1.165) is 25.9 Å². The predicted molar refractivity (Wildman–Crippen MR) is 68.8 cm³/mol. The van der Waals surface area contributed by atoms with Gasteiger partial charge in [0.05, 0.1) is 6.61 Å². The topological polar surface area (TPSA) is 21.7 Å². The molecule has 0 amide bonds. The number of piperidine rings is 1. The lowest BCUT2D eigenvalue weighted by atomic mass is 9.98. The van der Waals surface area contributed by atoms with E-state index in [2.05, 4.69) is 16.7 Å². The highest BCUT2D eigenvalue weighted by Crippen LogP contribution is 2.25. The van der Waals surface area contributed by atoms with Gasteiger partial charge in [-0.05, 0) is 63.2 Å². The molecule has 0 spiro atoms. The van der Waals surface area contributed by atoms with Crippen molar-refractivity contribution in [2.24, 2.45) is 5.92 Å². The van der Waals surface area contributed by atoms with Gasteiger partial charge in [0, 0.05) is 0 Å². The van der Waals surface area contributed by atoms with Crippen LogP contribution in [0.4, 0.5) is 13.2 Å². The third-order valence-electron chi connectivity index (χ3n) is 3.38. The van der Waals surface area contributed by atoms with Gasteiger partial charge < -0.3 is 14.4 Å². The molecule has 0 aliphatic carbocycles. The molecule has 0 radical (unpaired) electrons. The van der Waals surface area contributed by atoms with Gasteiger partial charge in [-0.3, -0.25) is 0 Å². The van der Waals surface area contributed by atoms with Crippen molar-refractivity contribution in [2.45, 2.75) is 19.2 Å². The lowest BCUT2D eigenvalue weighted by Crippen LogP contribution is -2.32. The van der Waals surface area contributed by atoms with Crippen LogP contribution in [0.25, 0.3) is 0 Å². The third-order valence-corrected chi connectivity index (χ3v) is 3.38. The molecule has 1 fully saturated rings. The van der Waals surface area contributed by atoms with E-state index in [1.807, 2.05) is 0 Å². The fraction of sp³-hybridized carbons (Fsp3) is 0.571. The van der Waals surface area contributed by atoms with Crippen LogP contribution in [0.5, 0.6) is 11.5 Å². The van der Waals surface area contributed by atoms with Crippen molar-refractivity contribution < 1.29 is 22.6 Å². The van der Waals surface area contributed by atoms with Crippen LogP contribution in [0.1, 0.15) is 12.8 Å². The summed E-state index contributed by atoms with van der Waals surface area (Å²) in [6.07, 6.45) is -2.48. The molecule has 1 aliphatic rings. The fourth-order valence-electron chi connectivity index (χ4n) is 2.18. The molecule has 2 rings (SSSR count). The van der Waals surface area contributed by atoms with Gasteiger partial charge in [-0.1, -0.05) is 0 Å². The number of halogens is 3. The van der Waals surface area contributed by atoms with Crippen molar-refractivity contribution in [2.75, 3.05) is 26.7 Å². The Kier molecular flexibility index (Phi) is 4.75. The van der Waals surface area contributed by atoms with Crippen LogP contribution < -0.4 is 9.47 Å². The Morgan fingerprint density at radius 3 is 2.20 bits per heavy atom. The standard InChI is InChI=1S/C14H18F3NO2/c1-18-8-6-11(7-9-18)10-19-12-2-4-13(5-3-12)20-14(15,16)17/h2-5,11H,6-10H2,1H3. The molecule has 0 atom stereocenters. The van der Waals surface area contributed by atoms with Gasteiger partial charge in [0.15, 0.2) is 0 Å². The van der Waals surface area contributed by atoms with Crippen molar-refractivity contribution >= 4 is 0 Å². The second-order valence-electron chi connectivity index (χ2n) is 5.08. The Morgan fingerprint density at radius 2 is 1.65 bits per heavy atom. The van der Waals surface area contributed by atoms with E-state index in [9.17, 15) is 13.2 Å². The Labute approximate surface area is 116 Å². The first-order valence-corrected chi connectivity index (χ1v) is 6.59. The van der Waals surface area contributed by atoms with Crippen LogP contribution in [0, 0.1) is 5.92 Å². The molecule has 1 aromatic rings. The second-order valence-corrected chi connectivity index (χ2v) is 5.08. The molecule has 0 N–H and O–H groups in total. The summed E-state index contributed by atoms with van der Waals surface area (Å²) in [5.74, 6) is 0.847. The summed E-state index contributed by atoms with van der Waals surface area (Å²) < 4.78 is 45.4. The minimum absolute atomic E-state index is 0.232. The van der Waals surface area contributed by atoms with Crippen LogP contribution in [-0.2, 0) is 0 Å². The number of alkyl halides is 3. The highest BCUT2D eigenvalue weighted by Gasteiger charge is 2.31. The van der Waals surface area contributed by atoms with Crippen molar-refractivity contribution in [1.82, 2.24) is 4.90 Å². The maximum atomic E-state index is 12.0. The van der Waals surface area contributed by atoms with E-state index in [0.29, 0.717) is 18.3 Å². The van der Waals surface area contributed by atoms with Gasteiger partial charge in [-0.15, -0.1) is 13.2 Å². The number of likely N-dealkylation sites (tertiary alicyclic amines) is 1. The van der Waals surface area contributed by atoms with Crippen molar-refractivity contribution in [3.05, 3.63) is 24.3 Å². The monoisotopic (exact) mass is 289 g/mol. The van der Waals surface area contributed by atoms with E-state index in [-0.39, 0.29) is 5.75 Å². The number of ether oxygens (including phenoxy) is 2. The summed E-state index contributed by atoms with van der Waals surface area (Å²) in [4.78, 5) is 2.28. The molecule has 3 nitrogen and oxygen atoms in total. The SMILES string of the molecule is CN1CCC(COc2ccc(OC(F)(F)F)cc2)CC1. The molecule has 20 heavy (non-hydrogen) atoms. The number of hydrogen-bond donors (Lipinski definition) is 0. The summed E-state index contributed by atoms with van der Waals surface area (Å²) in [7, 11) is 2.09. The van der Waals surface area contributed by atoms with Crippen molar-refractivity contribution in [3.8, 4) is 11.5 Å². The van der Waals surface area contributed by atoms with E-state index in [1.165, 1.54) is 24.3 Å². The van der Waals surface area contributed by atoms with Crippen LogP contribution in [0.3, 0.4) is 0 Å². The summed E-state index contributed by atoms with van der Waals surface area (Å²) in [6, 6.07) is 5.51. The molecule has 112 valence electrons. The zero-order valence-corrected chi connectivity index (χ0v) is 11.3. The van der Waals surface area contributed by atoms with E-state index in [4.69, 9.17) is 4.74 Å². The molecule has 1 aromatic carbocycles. The lowest BCUT2D eigenvalue weighted by molar-refractivity contribution is -0.274. The highest BCUT2D eigenvalue weighted by atomic mass is 19.4. The number of rotatable bonds is 4. The average molecular weight is 289 g/mol. The molecular formula is C14H18F3NO2. The van der Waals surface area contributed by atoms with Crippen molar-refractivity contribution in [3.63, 3.8) is 0 Å². The van der Waals surface area contributed by atoms with Gasteiger partial charge in [0.25, 0.3) is 0 Å². The molecule has 6 heteroatoms. The molecule has 0 aromatic heterocycles. The zero-order chi connectivity index (χ0) is 14.6. The molecular weight excluding hydrogens is 271 g/mol. The molecule has 1 heterocycles. The molecule has 0 saturated carbocycles. The predicted octanol–water partition coefficient (Wildman–Crippen LogP) is 3.31. The first-order chi connectivity index (χ1) is 9.42. The first-order valence-electron chi connectivity index (χ1n) is 6.59. The van der Waals surface area contributed by atoms with Gasteiger partial charge in [0.2, 0.25) is 0 Å². The van der Waals surface area contributed by atoms with Gasteiger partial charge in [-0.25, -0.2) is 0 Å². The summed E-state index contributed by atoms with van der Waals surface area (Å²) >= 11 is 0. The average Bonchev–Trinajstić information content (AvgIpc) is 2.38. The maximum absolute atomic E-state index is 12.0. The third kappa shape index (κ3) is 4.92. The van der Waals surface area contributed by atoms with Crippen LogP contribution in [-0.4, -0.2) is 38.0 Å². The van der Waals surface area contributed by atoms with Crippen molar-refractivity contribution in [1.29, 1.82) is 0 Å². The summed E-state index contributed by atoms with van der Waals surface area (Å²) in [5.41, 5.74) is 0. The van der Waals surface area contributed by atoms with Crippen LogP contribution >= 0.6 is 0 Å². The Morgan fingerprint density at radius 1 is 1.10 bits per heavy atom. The summed E-state index contributed by atoms with van der Waals surface area (Å²) in [6.45, 7) is 2.73. The second kappa shape index (κ2) is 6.35. The first kappa shape index (κ1) is 15.0. The molecule has 1 saturated heterocycles. The van der Waals surface area contributed by atoms with E-state index < -0.39 is 6.36 Å². The largest absolute Gasteiger partial charge is 0.573 e. The zero-order valence-electron chi connectivity index (χ0n) is 11.3. The lowest BCUT2D eigenvalue weighted by Gasteiger charge is -2.28. The van der Waals surface area contributed by atoms with E-state index >= 15 is 0 Å². The normalized spacial score (nSPS) is 18.0. The minimum Gasteiger partial charge on any atom is -0.493 e. The maximum Gasteiger partial charge on any atom is 0.573 e. The van der Waals surface area contributed by atoms with Gasteiger partial charge in [0.1, 0.15) is 11.5 Å². The molecule has 0 unspecified atom stereocenters. The number of hydrogen-bond acceptors (Lipinski definition) is 3. The Hall–Kier alpha value is -1.43. The molecule has 1 aliphatic heterocycles. The highest BCUT2D eigenvalue weighted by molar-refractivity contribution is 5.31. The number of benzene rings is 1. The Balaban J connectivity index is 1.79. The quantitative estimate of drug-likeness (QED) is 0.849. The molecule has 0 bridgehead atoms. The Bertz CT molecular complexity index is 411. The van der Waals surface area contributed by atoms with E-state index in [1.54, 1.807) is 0 Å². The number of nitrogens with zero attached hydrogens (tertiary/aromatic N) is 1. The van der Waals surface area contributed by atoms with Gasteiger partial charge >= 0.3 is 6.36 Å². The fourth-order valence-corrected chi connectivity index (χ4v) is 2.18. The van der Waals surface area contributed by atoms with Crippen LogP contribution in [0.15, 0.2) is 24.3 Å². The smallest absolute Gasteiger partial charge is 0.493 e. The van der Waals surface area contributed by atoms with Gasteiger partial charge in [-0.2, -0.15) is 0 Å². The minimum atomic E-state index is -4.66. The summed E-state index contributed by atoms with van der Waals surface area (Å²) in [5, 5.41) is 0. The van der Waals surface area contributed by atoms with Crippen LogP contribution in [0.2, 0.25) is 0 Å².